The van der Waals surface area contributed by atoms with Crippen LogP contribution in [0.1, 0.15) is 61.6 Å². The van der Waals surface area contributed by atoms with Gasteiger partial charge < -0.3 is 10.6 Å². The van der Waals surface area contributed by atoms with E-state index >= 15 is 0 Å². The van der Waals surface area contributed by atoms with Crippen LogP contribution < -0.4 is 10.6 Å². The largest absolute Gasteiger partial charge is 0.416 e. The molecule has 0 atom stereocenters. The van der Waals surface area contributed by atoms with E-state index in [1.165, 1.54) is 6.42 Å². The molecular formula is C18H22F6N2S. The first-order valence-electron chi connectivity index (χ1n) is 8.85. The van der Waals surface area contributed by atoms with E-state index < -0.39 is 23.5 Å². The number of alkyl halides is 6. The third-order valence-corrected chi connectivity index (χ3v) is 4.95. The molecule has 2 rings (SSSR count). The molecule has 27 heavy (non-hydrogen) atoms. The van der Waals surface area contributed by atoms with Gasteiger partial charge in [0, 0.05) is 11.7 Å². The number of thiocarbonyl (C=S) groups is 1. The van der Waals surface area contributed by atoms with E-state index in [1.54, 1.807) is 0 Å². The fourth-order valence-corrected chi connectivity index (χ4v) is 3.52. The molecule has 0 radical (unpaired) electrons. The lowest BCUT2D eigenvalue weighted by Crippen LogP contribution is -2.38. The lowest BCUT2D eigenvalue weighted by molar-refractivity contribution is -0.143. The quantitative estimate of drug-likeness (QED) is 0.432. The van der Waals surface area contributed by atoms with Gasteiger partial charge in [-0.05, 0) is 49.7 Å². The molecule has 0 saturated heterocycles. The molecule has 0 aliphatic heterocycles. The lowest BCUT2D eigenvalue weighted by Gasteiger charge is -2.24. The third kappa shape index (κ3) is 6.26. The molecule has 0 aromatic heterocycles. The third-order valence-electron chi connectivity index (χ3n) is 4.73. The summed E-state index contributed by atoms with van der Waals surface area (Å²) in [6, 6.07) is 0.862. The van der Waals surface area contributed by atoms with Gasteiger partial charge in [0.15, 0.2) is 5.11 Å². The first kappa shape index (κ1) is 21.8. The second kappa shape index (κ2) is 8.67. The zero-order valence-corrected chi connectivity index (χ0v) is 15.7. The van der Waals surface area contributed by atoms with E-state index in [4.69, 9.17) is 12.2 Å². The van der Waals surface area contributed by atoms with Crippen LogP contribution in [0, 0.1) is 6.92 Å². The minimum absolute atomic E-state index is 0.0381. The van der Waals surface area contributed by atoms with Gasteiger partial charge in [-0.1, -0.05) is 32.1 Å². The molecule has 1 aromatic rings. The number of hydrogen-bond donors (Lipinski definition) is 2. The van der Waals surface area contributed by atoms with Crippen molar-refractivity contribution in [3.8, 4) is 0 Å². The van der Waals surface area contributed by atoms with E-state index in [2.05, 4.69) is 10.6 Å². The van der Waals surface area contributed by atoms with E-state index in [1.807, 2.05) is 0 Å². The number of benzene rings is 1. The molecular weight excluding hydrogens is 390 g/mol. The van der Waals surface area contributed by atoms with Gasteiger partial charge in [-0.15, -0.1) is 0 Å². The van der Waals surface area contributed by atoms with E-state index in [-0.39, 0.29) is 28.5 Å². The van der Waals surface area contributed by atoms with Gasteiger partial charge in [-0.25, -0.2) is 0 Å². The highest BCUT2D eigenvalue weighted by Gasteiger charge is 2.38. The molecule has 0 spiro atoms. The summed E-state index contributed by atoms with van der Waals surface area (Å²) < 4.78 is 78.5. The molecule has 2 N–H and O–H groups in total. The Kier molecular flexibility index (Phi) is 6.99. The average Bonchev–Trinajstić information content (AvgIpc) is 2.49. The SMILES string of the molecule is Cc1c(NC(=S)NC2CCCCCCC2)cc(C(F)(F)F)cc1C(F)(F)F. The molecule has 9 heteroatoms. The zero-order chi connectivity index (χ0) is 20.2. The molecule has 0 bridgehead atoms. The summed E-state index contributed by atoms with van der Waals surface area (Å²) in [6.45, 7) is 1.13. The van der Waals surface area contributed by atoms with Crippen LogP contribution in [-0.4, -0.2) is 11.2 Å². The molecule has 1 aliphatic carbocycles. The van der Waals surface area contributed by atoms with Gasteiger partial charge in [0.25, 0.3) is 0 Å². The predicted molar refractivity (Wildman–Crippen MR) is 96.6 cm³/mol. The topological polar surface area (TPSA) is 24.1 Å². The Morgan fingerprint density at radius 2 is 1.48 bits per heavy atom. The maximum Gasteiger partial charge on any atom is 0.416 e. The molecule has 0 unspecified atom stereocenters. The summed E-state index contributed by atoms with van der Waals surface area (Å²) in [4.78, 5) is 0. The van der Waals surface area contributed by atoms with E-state index in [0.29, 0.717) is 6.07 Å². The monoisotopic (exact) mass is 412 g/mol. The van der Waals surface area contributed by atoms with E-state index in [9.17, 15) is 26.3 Å². The van der Waals surface area contributed by atoms with Crippen molar-refractivity contribution in [2.24, 2.45) is 0 Å². The van der Waals surface area contributed by atoms with Crippen molar-refractivity contribution in [1.29, 1.82) is 0 Å². The number of anilines is 1. The predicted octanol–water partition coefficient (Wildman–Crippen LogP) is 6.43. The smallest absolute Gasteiger partial charge is 0.360 e. The summed E-state index contributed by atoms with van der Waals surface area (Å²) in [5.74, 6) is 0. The number of hydrogen-bond acceptors (Lipinski definition) is 1. The maximum atomic E-state index is 13.1. The number of rotatable bonds is 2. The van der Waals surface area contributed by atoms with Crippen molar-refractivity contribution >= 4 is 23.0 Å². The summed E-state index contributed by atoms with van der Waals surface area (Å²) >= 11 is 5.14. The first-order chi connectivity index (χ1) is 12.5. The Bertz CT molecular complexity index is 661. The molecule has 2 nitrogen and oxygen atoms in total. The summed E-state index contributed by atoms with van der Waals surface area (Å²) in [5.41, 5.74) is -3.30. The first-order valence-corrected chi connectivity index (χ1v) is 9.26. The van der Waals surface area contributed by atoms with Crippen LogP contribution in [0.4, 0.5) is 32.0 Å². The van der Waals surface area contributed by atoms with Crippen LogP contribution in [0.15, 0.2) is 12.1 Å². The van der Waals surface area contributed by atoms with Crippen LogP contribution in [0.5, 0.6) is 0 Å². The molecule has 152 valence electrons. The Hall–Kier alpha value is -1.51. The van der Waals surface area contributed by atoms with Gasteiger partial charge in [-0.3, -0.25) is 0 Å². The number of nitrogens with one attached hydrogen (secondary N) is 2. The van der Waals surface area contributed by atoms with E-state index in [0.717, 1.165) is 45.4 Å². The van der Waals surface area contributed by atoms with Crippen molar-refractivity contribution in [3.63, 3.8) is 0 Å². The Balaban J connectivity index is 2.22. The minimum atomic E-state index is -4.89. The molecule has 1 fully saturated rings. The molecule has 1 aromatic carbocycles. The maximum absolute atomic E-state index is 13.1. The van der Waals surface area contributed by atoms with Crippen LogP contribution in [0.3, 0.4) is 0 Å². The van der Waals surface area contributed by atoms with Gasteiger partial charge >= 0.3 is 12.4 Å². The molecule has 1 aliphatic rings. The normalized spacial score (nSPS) is 17.1. The standard InChI is InChI=1S/C18H22F6N2S/c1-11-14(18(22,23)24)9-12(17(19,20)21)10-15(11)26-16(27)25-13-7-5-3-2-4-6-8-13/h9-10,13H,2-8H2,1H3,(H2,25,26,27). The van der Waals surface area contributed by atoms with Crippen LogP contribution in [0.2, 0.25) is 0 Å². The van der Waals surface area contributed by atoms with Crippen molar-refractivity contribution in [3.05, 3.63) is 28.8 Å². The fraction of sp³-hybridized carbons (Fsp3) is 0.611. The molecule has 0 heterocycles. The van der Waals surface area contributed by atoms with Crippen LogP contribution in [0.25, 0.3) is 0 Å². The van der Waals surface area contributed by atoms with Gasteiger partial charge in [-0.2, -0.15) is 26.3 Å². The molecule has 1 saturated carbocycles. The van der Waals surface area contributed by atoms with Crippen molar-refractivity contribution in [2.45, 2.75) is 70.3 Å². The molecule has 0 amide bonds. The van der Waals surface area contributed by atoms with Crippen LogP contribution in [-0.2, 0) is 12.4 Å². The number of halogens is 6. The van der Waals surface area contributed by atoms with Crippen molar-refractivity contribution < 1.29 is 26.3 Å². The van der Waals surface area contributed by atoms with Gasteiger partial charge in [0.1, 0.15) is 0 Å². The average molecular weight is 412 g/mol. The Labute approximate surface area is 159 Å². The van der Waals surface area contributed by atoms with Crippen molar-refractivity contribution in [1.82, 2.24) is 5.32 Å². The second-order valence-corrected chi connectivity index (χ2v) is 7.24. The zero-order valence-electron chi connectivity index (χ0n) is 14.9. The summed E-state index contributed by atoms with van der Waals surface area (Å²) in [5, 5.41) is 5.61. The van der Waals surface area contributed by atoms with Crippen molar-refractivity contribution in [2.75, 3.05) is 5.32 Å². The highest BCUT2D eigenvalue weighted by molar-refractivity contribution is 7.80. The summed E-state index contributed by atoms with van der Waals surface area (Å²) in [7, 11) is 0. The lowest BCUT2D eigenvalue weighted by atomic mass is 9.97. The summed E-state index contributed by atoms with van der Waals surface area (Å²) in [6.07, 6.45) is -2.61. The highest BCUT2D eigenvalue weighted by Crippen LogP contribution is 2.40. The highest BCUT2D eigenvalue weighted by atomic mass is 32.1. The minimum Gasteiger partial charge on any atom is -0.360 e. The van der Waals surface area contributed by atoms with Gasteiger partial charge in [0.2, 0.25) is 0 Å². The van der Waals surface area contributed by atoms with Gasteiger partial charge in [0.05, 0.1) is 11.1 Å². The fourth-order valence-electron chi connectivity index (χ4n) is 3.25. The van der Waals surface area contributed by atoms with Crippen LogP contribution >= 0.6 is 12.2 Å². The second-order valence-electron chi connectivity index (χ2n) is 6.83. The Morgan fingerprint density at radius 1 is 0.926 bits per heavy atom. The Morgan fingerprint density at radius 3 is 2.00 bits per heavy atom.